The van der Waals surface area contributed by atoms with Gasteiger partial charge in [0.2, 0.25) is 5.91 Å². The molecule has 2 amide bonds. The first-order valence-corrected chi connectivity index (χ1v) is 10.3. The largest absolute Gasteiger partial charge is 0.494 e. The van der Waals surface area contributed by atoms with Crippen molar-refractivity contribution in [2.45, 2.75) is 32.4 Å². The van der Waals surface area contributed by atoms with Crippen molar-refractivity contribution >= 4 is 17.5 Å². The van der Waals surface area contributed by atoms with Gasteiger partial charge in [-0.25, -0.2) is 14.9 Å². The van der Waals surface area contributed by atoms with Gasteiger partial charge >= 0.3 is 0 Å². The summed E-state index contributed by atoms with van der Waals surface area (Å²) in [7, 11) is 0. The Labute approximate surface area is 170 Å². The molecule has 6 heteroatoms. The van der Waals surface area contributed by atoms with Crippen LogP contribution in [0, 0.1) is 12.8 Å². The van der Waals surface area contributed by atoms with Crippen LogP contribution in [-0.4, -0.2) is 47.6 Å². The topological polar surface area (TPSA) is 53.1 Å². The highest BCUT2D eigenvalue weighted by Crippen LogP contribution is 2.48. The van der Waals surface area contributed by atoms with Gasteiger partial charge in [0, 0.05) is 13.1 Å². The first-order chi connectivity index (χ1) is 14.1. The molecule has 150 valence electrons. The molecule has 6 nitrogen and oxygen atoms in total. The van der Waals surface area contributed by atoms with Crippen LogP contribution in [0.1, 0.15) is 30.5 Å². The Bertz CT molecular complexity index is 941. The van der Waals surface area contributed by atoms with E-state index in [0.717, 1.165) is 30.8 Å². The number of aryl methyl sites for hydroxylation is 1. The number of amides is 2. The number of ether oxygens (including phenoxy) is 1. The Morgan fingerprint density at radius 2 is 1.55 bits per heavy atom. The molecule has 3 aliphatic heterocycles. The van der Waals surface area contributed by atoms with Gasteiger partial charge in [0.15, 0.2) is 0 Å². The van der Waals surface area contributed by atoms with Crippen LogP contribution < -0.4 is 9.64 Å². The van der Waals surface area contributed by atoms with Gasteiger partial charge in [-0.1, -0.05) is 29.8 Å². The van der Waals surface area contributed by atoms with Crippen molar-refractivity contribution in [1.82, 2.24) is 10.0 Å². The van der Waals surface area contributed by atoms with Gasteiger partial charge in [0.25, 0.3) is 5.91 Å². The average Bonchev–Trinajstić information content (AvgIpc) is 3.36. The van der Waals surface area contributed by atoms with Crippen molar-refractivity contribution < 1.29 is 14.3 Å². The molecule has 3 aliphatic rings. The Kier molecular flexibility index (Phi) is 4.41. The van der Waals surface area contributed by atoms with Gasteiger partial charge in [-0.15, -0.1) is 0 Å². The summed E-state index contributed by atoms with van der Waals surface area (Å²) in [4.78, 5) is 28.3. The van der Waals surface area contributed by atoms with Crippen LogP contribution >= 0.6 is 0 Å². The maximum atomic E-state index is 13.5. The van der Waals surface area contributed by atoms with Gasteiger partial charge < -0.3 is 4.74 Å². The SMILES string of the molecule is CCOc1ccc(N2C(=O)[C@H]3[C@@H](C2=O)N2CCCN2[C@H]3c2ccc(C)cc2)cc1. The van der Waals surface area contributed by atoms with Crippen LogP contribution in [0.5, 0.6) is 5.75 Å². The molecule has 3 fully saturated rings. The van der Waals surface area contributed by atoms with Crippen LogP contribution in [0.15, 0.2) is 48.5 Å². The minimum atomic E-state index is -0.414. The zero-order valence-electron chi connectivity index (χ0n) is 16.7. The molecule has 0 radical (unpaired) electrons. The van der Waals surface area contributed by atoms with E-state index in [1.54, 1.807) is 12.1 Å². The number of nitrogens with zero attached hydrogens (tertiary/aromatic N) is 3. The summed E-state index contributed by atoms with van der Waals surface area (Å²) in [6, 6.07) is 15.1. The van der Waals surface area contributed by atoms with Gasteiger partial charge in [-0.2, -0.15) is 0 Å². The normalized spacial score (nSPS) is 26.8. The van der Waals surface area contributed by atoms with E-state index in [4.69, 9.17) is 4.74 Å². The molecule has 29 heavy (non-hydrogen) atoms. The number of anilines is 1. The van der Waals surface area contributed by atoms with Crippen LogP contribution in [-0.2, 0) is 9.59 Å². The highest BCUT2D eigenvalue weighted by Gasteiger charge is 2.62. The molecule has 0 aliphatic carbocycles. The van der Waals surface area contributed by atoms with Gasteiger partial charge in [0.1, 0.15) is 11.8 Å². The summed E-state index contributed by atoms with van der Waals surface area (Å²) in [5, 5.41) is 4.37. The monoisotopic (exact) mass is 391 g/mol. The fraction of sp³-hybridized carbons (Fsp3) is 0.391. The van der Waals surface area contributed by atoms with E-state index in [1.807, 2.05) is 19.1 Å². The maximum absolute atomic E-state index is 13.5. The number of hydrogen-bond donors (Lipinski definition) is 0. The number of fused-ring (bicyclic) bond motifs is 3. The molecule has 5 rings (SSSR count). The van der Waals surface area contributed by atoms with E-state index in [-0.39, 0.29) is 23.8 Å². The summed E-state index contributed by atoms with van der Waals surface area (Å²) < 4.78 is 5.49. The second kappa shape index (κ2) is 6.97. The van der Waals surface area contributed by atoms with Crippen LogP contribution in [0.25, 0.3) is 0 Å². The van der Waals surface area contributed by atoms with Crippen molar-refractivity contribution in [1.29, 1.82) is 0 Å². The van der Waals surface area contributed by atoms with Crippen LogP contribution in [0.2, 0.25) is 0 Å². The minimum absolute atomic E-state index is 0.0905. The van der Waals surface area contributed by atoms with E-state index >= 15 is 0 Å². The molecule has 3 heterocycles. The molecule has 2 aromatic rings. The number of benzene rings is 2. The van der Waals surface area contributed by atoms with Gasteiger partial charge in [-0.3, -0.25) is 9.59 Å². The lowest BCUT2D eigenvalue weighted by molar-refractivity contribution is -0.126. The number of hydrogen-bond acceptors (Lipinski definition) is 5. The third kappa shape index (κ3) is 2.78. The lowest BCUT2D eigenvalue weighted by atomic mass is 9.89. The number of rotatable bonds is 4. The lowest BCUT2D eigenvalue weighted by Gasteiger charge is -2.29. The van der Waals surface area contributed by atoms with E-state index in [0.29, 0.717) is 12.3 Å². The van der Waals surface area contributed by atoms with Crippen molar-refractivity contribution in [2.75, 3.05) is 24.6 Å². The molecular formula is C23H25N3O3. The number of carbonyl (C=O) groups excluding carboxylic acids is 2. The molecule has 0 spiro atoms. The molecule has 0 saturated carbocycles. The Morgan fingerprint density at radius 1 is 0.897 bits per heavy atom. The molecule has 3 saturated heterocycles. The fourth-order valence-corrected chi connectivity index (χ4v) is 4.99. The van der Waals surface area contributed by atoms with Crippen molar-refractivity contribution in [2.24, 2.45) is 5.92 Å². The van der Waals surface area contributed by atoms with E-state index < -0.39 is 6.04 Å². The van der Waals surface area contributed by atoms with Gasteiger partial charge in [-0.05, 0) is 50.1 Å². The summed E-state index contributed by atoms with van der Waals surface area (Å²) in [5.74, 6) is 0.130. The molecular weight excluding hydrogens is 366 g/mol. The van der Waals surface area contributed by atoms with Crippen LogP contribution in [0.3, 0.4) is 0 Å². The zero-order valence-corrected chi connectivity index (χ0v) is 16.7. The van der Waals surface area contributed by atoms with Crippen molar-refractivity contribution in [3.63, 3.8) is 0 Å². The summed E-state index contributed by atoms with van der Waals surface area (Å²) >= 11 is 0. The summed E-state index contributed by atoms with van der Waals surface area (Å²) in [6.07, 6.45) is 1.01. The smallest absolute Gasteiger partial charge is 0.253 e. The second-order valence-electron chi connectivity index (χ2n) is 7.94. The van der Waals surface area contributed by atoms with Crippen molar-refractivity contribution in [3.8, 4) is 5.75 Å². The third-order valence-corrected chi connectivity index (χ3v) is 6.23. The molecule has 0 bridgehead atoms. The molecule has 3 atom stereocenters. The highest BCUT2D eigenvalue weighted by atomic mass is 16.5. The molecule has 0 aromatic heterocycles. The number of imide groups is 1. The average molecular weight is 391 g/mol. The lowest BCUT2D eigenvalue weighted by Crippen LogP contribution is -2.44. The van der Waals surface area contributed by atoms with E-state index in [9.17, 15) is 9.59 Å². The standard InChI is InChI=1S/C23H25N3O3/c1-3-29-18-11-9-17(10-12-18)26-22(27)19-20(16-7-5-15(2)6-8-16)24-13-4-14-25(24)21(19)23(26)28/h5-12,19-21H,3-4,13-14H2,1-2H3/t19-,20+,21+/m1/s1. The summed E-state index contributed by atoms with van der Waals surface area (Å²) in [6.45, 7) is 6.26. The minimum Gasteiger partial charge on any atom is -0.494 e. The fourth-order valence-electron chi connectivity index (χ4n) is 4.99. The molecule has 2 aromatic carbocycles. The van der Waals surface area contributed by atoms with Crippen molar-refractivity contribution in [3.05, 3.63) is 59.7 Å². The Balaban J connectivity index is 1.51. The Hall–Kier alpha value is -2.70. The second-order valence-corrected chi connectivity index (χ2v) is 7.94. The summed E-state index contributed by atoms with van der Waals surface area (Å²) in [5.41, 5.74) is 2.90. The predicted molar refractivity (Wildman–Crippen MR) is 109 cm³/mol. The number of carbonyl (C=O) groups is 2. The molecule has 0 unspecified atom stereocenters. The quantitative estimate of drug-likeness (QED) is 0.750. The highest BCUT2D eigenvalue weighted by molar-refractivity contribution is 6.24. The first-order valence-electron chi connectivity index (χ1n) is 10.3. The first kappa shape index (κ1) is 18.3. The van der Waals surface area contributed by atoms with Gasteiger partial charge in [0.05, 0.1) is 24.3 Å². The van der Waals surface area contributed by atoms with Crippen LogP contribution in [0.4, 0.5) is 5.69 Å². The molecule has 0 N–H and O–H groups in total. The predicted octanol–water partition coefficient (Wildman–Crippen LogP) is 2.93. The third-order valence-electron chi connectivity index (χ3n) is 6.23. The van der Waals surface area contributed by atoms with E-state index in [1.165, 1.54) is 10.5 Å². The maximum Gasteiger partial charge on any atom is 0.253 e. The van der Waals surface area contributed by atoms with E-state index in [2.05, 4.69) is 41.2 Å². The number of hydrazine groups is 1. The zero-order chi connectivity index (χ0) is 20.1. The Morgan fingerprint density at radius 3 is 2.21 bits per heavy atom.